The van der Waals surface area contributed by atoms with Gasteiger partial charge < -0.3 is 24.7 Å². The molecule has 2 heterocycles. The molecule has 2 atom stereocenters. The molecule has 2 unspecified atom stereocenters. The van der Waals surface area contributed by atoms with Crippen LogP contribution in [0.1, 0.15) is 22.7 Å². The molecule has 2 aromatic carbocycles. The molecule has 0 spiro atoms. The molecule has 2 aliphatic heterocycles. The monoisotopic (exact) mass is 411 g/mol. The molecule has 0 radical (unpaired) electrons. The van der Waals surface area contributed by atoms with Gasteiger partial charge in [-0.3, -0.25) is 4.90 Å². The van der Waals surface area contributed by atoms with Crippen LogP contribution in [0.4, 0.5) is 11.4 Å². The quantitative estimate of drug-likeness (QED) is 0.522. The van der Waals surface area contributed by atoms with Gasteiger partial charge in [-0.05, 0) is 37.6 Å². The van der Waals surface area contributed by atoms with Crippen LogP contribution < -0.4 is 24.8 Å². The number of quaternary nitrogens is 1. The Bertz CT molecular complexity index is 1010. The summed E-state index contributed by atoms with van der Waals surface area (Å²) < 4.78 is 16.9. The Morgan fingerprint density at radius 1 is 1.37 bits per heavy atom. The van der Waals surface area contributed by atoms with Crippen LogP contribution in [0.2, 0.25) is 0 Å². The first-order chi connectivity index (χ1) is 14.5. The second kappa shape index (κ2) is 8.42. The first kappa shape index (κ1) is 20.3. The molecule has 0 aromatic heterocycles. The molecule has 30 heavy (non-hydrogen) atoms. The molecule has 0 fully saturated rings. The van der Waals surface area contributed by atoms with Crippen molar-refractivity contribution in [2.45, 2.75) is 19.4 Å². The van der Waals surface area contributed by atoms with Crippen molar-refractivity contribution < 1.29 is 24.6 Å². The predicted octanol–water partition coefficient (Wildman–Crippen LogP) is 1.78. The fourth-order valence-electron chi connectivity index (χ4n) is 3.85. The molecule has 8 nitrogen and oxygen atoms in total. The number of aryl methyl sites for hydroxylation is 1. The highest BCUT2D eigenvalue weighted by Gasteiger charge is 2.33. The van der Waals surface area contributed by atoms with Crippen molar-refractivity contribution in [2.24, 2.45) is 0 Å². The standard InChI is InChI=1S/C22H25N3O5/c1-14-6-7-16(25(26)27)12-17(14)23-9-4-5-18-20-15(8-10-24(18)2)11-19-21(22(20)28-3)30-13-29-19/h6-7,11-12,18,23,25-26H,8-10,13H2,1-3H3. The first-order valence-electron chi connectivity index (χ1n) is 9.75. The van der Waals surface area contributed by atoms with Gasteiger partial charge in [-0.2, -0.15) is 5.23 Å². The number of methoxy groups -OCH3 is 1. The van der Waals surface area contributed by atoms with Crippen LogP contribution in [0.15, 0.2) is 24.3 Å². The lowest BCUT2D eigenvalue weighted by Gasteiger charge is -2.32. The van der Waals surface area contributed by atoms with E-state index < -0.39 is 5.23 Å². The van der Waals surface area contributed by atoms with Crippen LogP contribution >= 0.6 is 0 Å². The summed E-state index contributed by atoms with van der Waals surface area (Å²) in [7, 11) is 3.68. The van der Waals surface area contributed by atoms with E-state index in [0.717, 1.165) is 41.1 Å². The van der Waals surface area contributed by atoms with Crippen molar-refractivity contribution >= 4 is 11.4 Å². The van der Waals surface area contributed by atoms with Gasteiger partial charge in [0.1, 0.15) is 6.04 Å². The summed E-state index contributed by atoms with van der Waals surface area (Å²) in [6.07, 6.45) is 0.885. The minimum Gasteiger partial charge on any atom is -0.595 e. The number of fused-ring (bicyclic) bond motifs is 2. The smallest absolute Gasteiger partial charge is 0.231 e. The lowest BCUT2D eigenvalue weighted by Crippen LogP contribution is -2.99. The zero-order valence-electron chi connectivity index (χ0n) is 17.2. The van der Waals surface area contributed by atoms with Gasteiger partial charge in [0.25, 0.3) is 0 Å². The first-order valence-corrected chi connectivity index (χ1v) is 9.75. The molecule has 0 bridgehead atoms. The number of rotatable bonds is 4. The molecule has 0 aliphatic carbocycles. The predicted molar refractivity (Wildman–Crippen MR) is 111 cm³/mol. The van der Waals surface area contributed by atoms with E-state index in [1.807, 2.05) is 20.0 Å². The molecule has 8 heteroatoms. The second-order valence-electron chi connectivity index (χ2n) is 7.36. The van der Waals surface area contributed by atoms with Crippen molar-refractivity contribution in [3.63, 3.8) is 0 Å². The van der Waals surface area contributed by atoms with Crippen LogP contribution in [0.3, 0.4) is 0 Å². The normalized spacial score (nSPS) is 18.2. The number of ether oxygens (including phenoxy) is 3. The highest BCUT2D eigenvalue weighted by atomic mass is 16.8. The summed E-state index contributed by atoms with van der Waals surface area (Å²) in [5.41, 5.74) is 4.16. The van der Waals surface area contributed by atoms with Crippen molar-refractivity contribution in [1.82, 2.24) is 4.90 Å². The van der Waals surface area contributed by atoms with Crippen molar-refractivity contribution in [1.29, 1.82) is 0 Å². The fourth-order valence-corrected chi connectivity index (χ4v) is 3.85. The van der Waals surface area contributed by atoms with Gasteiger partial charge in [-0.15, -0.1) is 0 Å². The van der Waals surface area contributed by atoms with Crippen LogP contribution in [0, 0.1) is 24.0 Å². The SMILES string of the molecule is COc1c2c(cc3c1C(C#CCNc1cc([NH+]([O-])O)ccc1C)N(C)CC3)OCO2. The third-order valence-corrected chi connectivity index (χ3v) is 5.49. The molecule has 158 valence electrons. The van der Waals surface area contributed by atoms with E-state index in [2.05, 4.69) is 22.1 Å². The third-order valence-electron chi connectivity index (χ3n) is 5.49. The van der Waals surface area contributed by atoms with Crippen molar-refractivity contribution in [3.8, 4) is 29.1 Å². The van der Waals surface area contributed by atoms with E-state index in [9.17, 15) is 10.4 Å². The van der Waals surface area contributed by atoms with E-state index in [1.54, 1.807) is 25.3 Å². The Morgan fingerprint density at radius 2 is 2.20 bits per heavy atom. The Balaban J connectivity index is 1.57. The summed E-state index contributed by atoms with van der Waals surface area (Å²) in [5.74, 6) is 8.57. The van der Waals surface area contributed by atoms with Crippen LogP contribution in [-0.4, -0.2) is 44.1 Å². The molecule has 0 saturated carbocycles. The van der Waals surface area contributed by atoms with Crippen molar-refractivity contribution in [2.75, 3.05) is 39.4 Å². The summed E-state index contributed by atoms with van der Waals surface area (Å²) >= 11 is 0. The molecular weight excluding hydrogens is 386 g/mol. The number of nitrogens with zero attached hydrogens (tertiary/aromatic N) is 1. The number of likely N-dealkylation sites (N-methyl/N-ethyl adjacent to an activating group) is 1. The van der Waals surface area contributed by atoms with E-state index in [4.69, 9.17) is 14.2 Å². The van der Waals surface area contributed by atoms with Gasteiger partial charge in [0, 0.05) is 29.9 Å². The van der Waals surface area contributed by atoms with Gasteiger partial charge in [-0.25, -0.2) is 5.21 Å². The van der Waals surface area contributed by atoms with E-state index >= 15 is 0 Å². The van der Waals surface area contributed by atoms with Crippen LogP contribution in [-0.2, 0) is 6.42 Å². The zero-order chi connectivity index (χ0) is 21.3. The number of hydrogen-bond acceptors (Lipinski definition) is 7. The van der Waals surface area contributed by atoms with Crippen LogP contribution in [0.5, 0.6) is 17.2 Å². The largest absolute Gasteiger partial charge is 0.595 e. The minimum atomic E-state index is -0.949. The Morgan fingerprint density at radius 3 is 2.97 bits per heavy atom. The molecular formula is C22H25N3O5. The van der Waals surface area contributed by atoms with Crippen molar-refractivity contribution in [3.05, 3.63) is 46.2 Å². The topological polar surface area (TPSA) is 90.7 Å². The molecule has 0 saturated heterocycles. The van der Waals surface area contributed by atoms with Gasteiger partial charge in [0.15, 0.2) is 17.2 Å². The maximum absolute atomic E-state index is 11.2. The zero-order valence-corrected chi connectivity index (χ0v) is 17.2. The summed E-state index contributed by atoms with van der Waals surface area (Å²) in [5, 5.41) is 22.7. The lowest BCUT2D eigenvalue weighted by atomic mass is 9.91. The number of hydrogen-bond donors (Lipinski definition) is 3. The van der Waals surface area contributed by atoms with Crippen LogP contribution in [0.25, 0.3) is 0 Å². The van der Waals surface area contributed by atoms with E-state index in [0.29, 0.717) is 18.0 Å². The van der Waals surface area contributed by atoms with Gasteiger partial charge in [0.05, 0.1) is 13.7 Å². The lowest BCUT2D eigenvalue weighted by molar-refractivity contribution is -0.991. The molecule has 0 amide bonds. The Kier molecular flexibility index (Phi) is 5.70. The number of benzene rings is 2. The molecule has 4 rings (SSSR count). The molecule has 2 aromatic rings. The van der Waals surface area contributed by atoms with Gasteiger partial charge in [-0.1, -0.05) is 17.9 Å². The third kappa shape index (κ3) is 3.76. The minimum absolute atomic E-state index is 0.133. The maximum Gasteiger partial charge on any atom is 0.231 e. The summed E-state index contributed by atoms with van der Waals surface area (Å²) in [6, 6.07) is 6.91. The highest BCUT2D eigenvalue weighted by Crippen LogP contribution is 2.49. The Labute approximate surface area is 175 Å². The summed E-state index contributed by atoms with van der Waals surface area (Å²) in [4.78, 5) is 2.19. The molecule has 2 aliphatic rings. The maximum atomic E-state index is 11.2. The molecule has 3 N–H and O–H groups in total. The summed E-state index contributed by atoms with van der Waals surface area (Å²) in [6.45, 7) is 3.40. The number of nitrogens with one attached hydrogen (secondary N) is 2. The van der Waals surface area contributed by atoms with Gasteiger partial charge >= 0.3 is 0 Å². The van der Waals surface area contributed by atoms with E-state index in [1.165, 1.54) is 0 Å². The fraction of sp³-hybridized carbons (Fsp3) is 0.364. The second-order valence-corrected chi connectivity index (χ2v) is 7.36. The average Bonchev–Trinajstić information content (AvgIpc) is 3.20. The Hall–Kier alpha value is -2.96. The van der Waals surface area contributed by atoms with Gasteiger partial charge in [0.2, 0.25) is 12.5 Å². The van der Waals surface area contributed by atoms with E-state index in [-0.39, 0.29) is 18.5 Å². The highest BCUT2D eigenvalue weighted by molar-refractivity contribution is 5.63. The number of anilines is 1. The average molecular weight is 411 g/mol.